The lowest BCUT2D eigenvalue weighted by atomic mass is 9.85. The first kappa shape index (κ1) is 14.4. The van der Waals surface area contributed by atoms with Crippen LogP contribution in [0.25, 0.3) is 0 Å². The van der Waals surface area contributed by atoms with E-state index in [-0.39, 0.29) is 23.8 Å². The highest BCUT2D eigenvalue weighted by Gasteiger charge is 2.43. The minimum atomic E-state index is -0.194. The van der Waals surface area contributed by atoms with E-state index in [1.807, 2.05) is 18.2 Å². The highest BCUT2D eigenvalue weighted by Crippen LogP contribution is 2.43. The largest absolute Gasteiger partial charge is 0.333 e. The number of halogens is 1. The number of aromatic nitrogens is 1. The van der Waals surface area contributed by atoms with Gasteiger partial charge >= 0.3 is 0 Å². The number of hydrogen-bond donors (Lipinski definition) is 0. The summed E-state index contributed by atoms with van der Waals surface area (Å²) in [5.41, 5.74) is 1.86. The lowest BCUT2D eigenvalue weighted by molar-refractivity contribution is 0.0571. The molecule has 1 aromatic carbocycles. The highest BCUT2D eigenvalue weighted by molar-refractivity contribution is 5.94. The summed E-state index contributed by atoms with van der Waals surface area (Å²) in [7, 11) is 0. The molecule has 118 valence electrons. The molecule has 3 nitrogen and oxygen atoms in total. The Labute approximate surface area is 135 Å². The van der Waals surface area contributed by atoms with Gasteiger partial charge in [0.05, 0.1) is 5.56 Å². The van der Waals surface area contributed by atoms with E-state index >= 15 is 0 Å². The summed E-state index contributed by atoms with van der Waals surface area (Å²) in [4.78, 5) is 18.9. The average molecular weight is 310 g/mol. The summed E-state index contributed by atoms with van der Waals surface area (Å²) in [6.45, 7) is 0. The van der Waals surface area contributed by atoms with Crippen molar-refractivity contribution in [3.8, 4) is 0 Å². The van der Waals surface area contributed by atoms with Gasteiger partial charge < -0.3 is 4.90 Å². The van der Waals surface area contributed by atoms with Crippen molar-refractivity contribution in [2.24, 2.45) is 0 Å². The number of benzene rings is 1. The number of nitrogens with zero attached hydrogens (tertiary/aromatic N) is 2. The van der Waals surface area contributed by atoms with E-state index in [1.54, 1.807) is 18.5 Å². The van der Waals surface area contributed by atoms with E-state index in [0.717, 1.165) is 25.7 Å². The third-order valence-electron chi connectivity index (χ3n) is 5.22. The van der Waals surface area contributed by atoms with Gasteiger partial charge in [-0.15, -0.1) is 0 Å². The predicted octanol–water partition coefficient (Wildman–Crippen LogP) is 3.77. The summed E-state index contributed by atoms with van der Waals surface area (Å²) in [5.74, 6) is 0.329. The molecule has 0 spiro atoms. The Hall–Kier alpha value is -2.23. The fraction of sp³-hybridized carbons (Fsp3) is 0.368. The zero-order chi connectivity index (χ0) is 15.8. The van der Waals surface area contributed by atoms with Gasteiger partial charge in [0.15, 0.2) is 0 Å². The van der Waals surface area contributed by atoms with Gasteiger partial charge in [0.25, 0.3) is 5.91 Å². The van der Waals surface area contributed by atoms with Crippen LogP contribution in [0.4, 0.5) is 4.39 Å². The van der Waals surface area contributed by atoms with Crippen LogP contribution in [0.3, 0.4) is 0 Å². The maximum absolute atomic E-state index is 13.1. The van der Waals surface area contributed by atoms with Gasteiger partial charge in [0.1, 0.15) is 5.82 Å². The predicted molar refractivity (Wildman–Crippen MR) is 85.6 cm³/mol. The van der Waals surface area contributed by atoms with Gasteiger partial charge in [-0.25, -0.2) is 4.39 Å². The van der Waals surface area contributed by atoms with Crippen molar-refractivity contribution in [3.05, 3.63) is 65.7 Å². The number of rotatable bonds is 2. The number of carbonyl (C=O) groups is 1. The smallest absolute Gasteiger partial charge is 0.255 e. The molecule has 2 atom stereocenters. The molecule has 2 bridgehead atoms. The normalized spacial score (nSPS) is 26.3. The molecule has 4 heteroatoms. The first-order valence-corrected chi connectivity index (χ1v) is 8.20. The number of piperidine rings is 1. The molecule has 3 heterocycles. The van der Waals surface area contributed by atoms with Gasteiger partial charge in [0.2, 0.25) is 0 Å². The molecule has 1 amide bonds. The van der Waals surface area contributed by atoms with Gasteiger partial charge in [-0.2, -0.15) is 0 Å². The molecular formula is C19H19FN2O. The van der Waals surface area contributed by atoms with Crippen molar-refractivity contribution in [1.82, 2.24) is 9.88 Å². The Bertz CT molecular complexity index is 687. The Morgan fingerprint density at radius 3 is 2.39 bits per heavy atom. The van der Waals surface area contributed by atoms with E-state index in [2.05, 4.69) is 9.88 Å². The van der Waals surface area contributed by atoms with E-state index in [9.17, 15) is 9.18 Å². The minimum absolute atomic E-state index is 0.100. The Morgan fingerprint density at radius 1 is 1.09 bits per heavy atom. The van der Waals surface area contributed by atoms with Gasteiger partial charge in [-0.1, -0.05) is 12.1 Å². The van der Waals surface area contributed by atoms with E-state index in [1.165, 1.54) is 17.7 Å². The number of carbonyl (C=O) groups excluding carboxylic acids is 1. The molecular weight excluding hydrogens is 291 g/mol. The summed E-state index contributed by atoms with van der Waals surface area (Å²) in [5, 5.41) is 0. The number of pyridine rings is 1. The van der Waals surface area contributed by atoms with Crippen molar-refractivity contribution in [1.29, 1.82) is 0 Å². The molecule has 23 heavy (non-hydrogen) atoms. The number of amides is 1. The molecule has 0 aliphatic carbocycles. The second-order valence-electron chi connectivity index (χ2n) is 6.56. The van der Waals surface area contributed by atoms with Crippen molar-refractivity contribution in [3.63, 3.8) is 0 Å². The summed E-state index contributed by atoms with van der Waals surface area (Å²) >= 11 is 0. The lowest BCUT2D eigenvalue weighted by Gasteiger charge is -2.39. The lowest BCUT2D eigenvalue weighted by Crippen LogP contribution is -2.46. The first-order valence-electron chi connectivity index (χ1n) is 8.20. The first-order chi connectivity index (χ1) is 11.2. The van der Waals surface area contributed by atoms with Crippen LogP contribution in [-0.4, -0.2) is 27.9 Å². The van der Waals surface area contributed by atoms with E-state index in [0.29, 0.717) is 11.5 Å². The molecule has 2 fully saturated rings. The van der Waals surface area contributed by atoms with Gasteiger partial charge in [0, 0.05) is 24.5 Å². The molecule has 1 aromatic heterocycles. The van der Waals surface area contributed by atoms with Crippen molar-refractivity contribution >= 4 is 5.91 Å². The number of hydrogen-bond acceptors (Lipinski definition) is 2. The zero-order valence-electron chi connectivity index (χ0n) is 12.9. The summed E-state index contributed by atoms with van der Waals surface area (Å²) in [6.07, 6.45) is 7.39. The van der Waals surface area contributed by atoms with Crippen LogP contribution >= 0.6 is 0 Å². The maximum atomic E-state index is 13.1. The van der Waals surface area contributed by atoms with Crippen LogP contribution in [0.2, 0.25) is 0 Å². The summed E-state index contributed by atoms with van der Waals surface area (Å²) in [6, 6.07) is 11.1. The fourth-order valence-corrected chi connectivity index (χ4v) is 4.15. The van der Waals surface area contributed by atoms with Crippen LogP contribution in [0, 0.1) is 5.82 Å². The number of fused-ring (bicyclic) bond motifs is 2. The van der Waals surface area contributed by atoms with Crippen LogP contribution in [0.15, 0.2) is 48.8 Å². The summed E-state index contributed by atoms with van der Waals surface area (Å²) < 4.78 is 13.1. The fourth-order valence-electron chi connectivity index (χ4n) is 4.15. The third kappa shape index (κ3) is 2.62. The SMILES string of the molecule is O=C(c1cccnc1)N1C2CCC1CC(c1ccc(F)cc1)C2. The topological polar surface area (TPSA) is 33.2 Å². The molecule has 2 saturated heterocycles. The van der Waals surface area contributed by atoms with Crippen LogP contribution < -0.4 is 0 Å². The van der Waals surface area contributed by atoms with Gasteiger partial charge in [-0.3, -0.25) is 9.78 Å². The Balaban J connectivity index is 1.54. The maximum Gasteiger partial charge on any atom is 0.255 e. The molecule has 0 saturated carbocycles. The second kappa shape index (κ2) is 5.76. The molecule has 2 aliphatic rings. The van der Waals surface area contributed by atoms with E-state index in [4.69, 9.17) is 0 Å². The van der Waals surface area contributed by atoms with Crippen molar-refractivity contribution < 1.29 is 9.18 Å². The molecule has 2 aliphatic heterocycles. The molecule has 2 aromatic rings. The second-order valence-corrected chi connectivity index (χ2v) is 6.56. The standard InChI is InChI=1S/C19H19FN2O/c20-16-5-3-13(4-6-16)15-10-17-7-8-18(11-15)22(17)19(23)14-2-1-9-21-12-14/h1-6,9,12,15,17-18H,7-8,10-11H2. The van der Waals surface area contributed by atoms with E-state index < -0.39 is 0 Å². The van der Waals surface area contributed by atoms with Crippen LogP contribution in [0.5, 0.6) is 0 Å². The average Bonchev–Trinajstić information content (AvgIpc) is 2.85. The molecule has 0 N–H and O–H groups in total. The molecule has 4 rings (SSSR count). The molecule has 0 radical (unpaired) electrons. The van der Waals surface area contributed by atoms with Crippen molar-refractivity contribution in [2.45, 2.75) is 43.7 Å². The molecule has 2 unspecified atom stereocenters. The monoisotopic (exact) mass is 310 g/mol. The third-order valence-corrected chi connectivity index (χ3v) is 5.22. The zero-order valence-corrected chi connectivity index (χ0v) is 12.9. The van der Waals surface area contributed by atoms with Gasteiger partial charge in [-0.05, 0) is 61.4 Å². The Kier molecular flexibility index (Phi) is 3.60. The van der Waals surface area contributed by atoms with Crippen LogP contribution in [-0.2, 0) is 0 Å². The minimum Gasteiger partial charge on any atom is -0.333 e. The van der Waals surface area contributed by atoms with Crippen molar-refractivity contribution in [2.75, 3.05) is 0 Å². The Morgan fingerprint density at radius 2 is 1.78 bits per heavy atom. The van der Waals surface area contributed by atoms with Crippen LogP contribution in [0.1, 0.15) is 47.5 Å². The quantitative estimate of drug-likeness (QED) is 0.846. The highest BCUT2D eigenvalue weighted by atomic mass is 19.1.